The predicted molar refractivity (Wildman–Crippen MR) is 67.5 cm³/mol. The number of nitrogens with two attached hydrogens (primary N) is 1. The van der Waals surface area contributed by atoms with Gasteiger partial charge in [0.25, 0.3) is 5.91 Å². The molecule has 0 saturated heterocycles. The van der Waals surface area contributed by atoms with Gasteiger partial charge in [0.05, 0.1) is 11.3 Å². The number of hydrogen-bond donors (Lipinski definition) is 2. The smallest absolute Gasteiger partial charge is 0.254 e. The Labute approximate surface area is 110 Å². The van der Waals surface area contributed by atoms with Gasteiger partial charge in [0.15, 0.2) is 5.82 Å². The number of nitrogens with one attached hydrogen (secondary N) is 1. The van der Waals surface area contributed by atoms with Crippen LogP contribution in [-0.2, 0) is 0 Å². The molecule has 2 fully saturated rings. The summed E-state index contributed by atoms with van der Waals surface area (Å²) in [4.78, 5) is 11.9. The molecule has 2 saturated carbocycles. The van der Waals surface area contributed by atoms with Crippen LogP contribution >= 0.6 is 0 Å². The molecule has 3 nitrogen and oxygen atoms in total. The van der Waals surface area contributed by atoms with E-state index in [2.05, 4.69) is 5.32 Å². The third-order valence-electron chi connectivity index (χ3n) is 4.25. The highest BCUT2D eigenvalue weighted by Gasteiger charge is 2.53. The van der Waals surface area contributed by atoms with Gasteiger partial charge in [0, 0.05) is 6.54 Å². The van der Waals surface area contributed by atoms with E-state index in [0.29, 0.717) is 12.5 Å². The van der Waals surface area contributed by atoms with Crippen LogP contribution in [0.4, 0.5) is 14.5 Å². The minimum absolute atomic E-state index is 0.227. The van der Waals surface area contributed by atoms with Crippen molar-refractivity contribution >= 4 is 11.6 Å². The van der Waals surface area contributed by atoms with Crippen molar-refractivity contribution in [3.8, 4) is 0 Å². The second-order valence-electron chi connectivity index (χ2n) is 5.68. The summed E-state index contributed by atoms with van der Waals surface area (Å²) in [5, 5.41) is 2.72. The maximum Gasteiger partial charge on any atom is 0.254 e. The molecule has 3 N–H and O–H groups in total. The molecular formula is C14H16F2N2O. The molecule has 0 heterocycles. The quantitative estimate of drug-likeness (QED) is 0.822. The van der Waals surface area contributed by atoms with Gasteiger partial charge in [-0.15, -0.1) is 0 Å². The van der Waals surface area contributed by atoms with Gasteiger partial charge in [0.1, 0.15) is 5.82 Å². The van der Waals surface area contributed by atoms with Gasteiger partial charge >= 0.3 is 0 Å². The van der Waals surface area contributed by atoms with E-state index in [9.17, 15) is 13.6 Å². The first-order chi connectivity index (χ1) is 9.02. The molecule has 0 atom stereocenters. The Balaban J connectivity index is 1.70. The molecule has 0 unspecified atom stereocenters. The summed E-state index contributed by atoms with van der Waals surface area (Å²) in [6.07, 6.45) is 4.67. The third kappa shape index (κ3) is 2.29. The lowest BCUT2D eigenvalue weighted by Crippen LogP contribution is -2.32. The average molecular weight is 266 g/mol. The van der Waals surface area contributed by atoms with Crippen LogP contribution in [0.3, 0.4) is 0 Å². The molecule has 5 heteroatoms. The van der Waals surface area contributed by atoms with E-state index in [0.717, 1.165) is 25.0 Å². The molecule has 0 bridgehead atoms. The van der Waals surface area contributed by atoms with E-state index in [-0.39, 0.29) is 16.7 Å². The number of carbonyl (C=O) groups excluding carboxylic acids is 1. The molecule has 102 valence electrons. The lowest BCUT2D eigenvalue weighted by atomic mass is 10.0. The number of hydrogen-bond acceptors (Lipinski definition) is 2. The van der Waals surface area contributed by atoms with Crippen molar-refractivity contribution < 1.29 is 13.6 Å². The van der Waals surface area contributed by atoms with Crippen molar-refractivity contribution in [3.63, 3.8) is 0 Å². The molecule has 0 radical (unpaired) electrons. The molecule has 19 heavy (non-hydrogen) atoms. The van der Waals surface area contributed by atoms with Crippen molar-refractivity contribution in [2.24, 2.45) is 11.3 Å². The highest BCUT2D eigenvalue weighted by Crippen LogP contribution is 2.60. The van der Waals surface area contributed by atoms with Crippen molar-refractivity contribution in [2.45, 2.75) is 25.7 Å². The first-order valence-electron chi connectivity index (χ1n) is 6.54. The van der Waals surface area contributed by atoms with Gasteiger partial charge < -0.3 is 11.1 Å². The summed E-state index contributed by atoms with van der Waals surface area (Å²) >= 11 is 0. The lowest BCUT2D eigenvalue weighted by molar-refractivity contribution is 0.0938. The first kappa shape index (κ1) is 12.4. The Morgan fingerprint density at radius 1 is 1.37 bits per heavy atom. The fourth-order valence-corrected chi connectivity index (χ4v) is 2.71. The van der Waals surface area contributed by atoms with Crippen LogP contribution in [0.2, 0.25) is 0 Å². The highest BCUT2D eigenvalue weighted by molar-refractivity contribution is 5.95. The summed E-state index contributed by atoms with van der Waals surface area (Å²) in [6, 6.07) is 1.76. The Kier molecular flexibility index (Phi) is 2.73. The van der Waals surface area contributed by atoms with Gasteiger partial charge in [-0.1, -0.05) is 0 Å². The van der Waals surface area contributed by atoms with Crippen LogP contribution in [-0.4, -0.2) is 12.5 Å². The van der Waals surface area contributed by atoms with Gasteiger partial charge in [-0.2, -0.15) is 0 Å². The van der Waals surface area contributed by atoms with Gasteiger partial charge in [-0.3, -0.25) is 4.79 Å². The molecule has 0 aromatic heterocycles. The lowest BCUT2D eigenvalue weighted by Gasteiger charge is -2.15. The minimum Gasteiger partial charge on any atom is -0.396 e. The second kappa shape index (κ2) is 4.18. The average Bonchev–Trinajstić information content (AvgIpc) is 3.23. The molecule has 1 amide bonds. The second-order valence-corrected chi connectivity index (χ2v) is 5.68. The molecule has 0 aliphatic heterocycles. The molecular weight excluding hydrogens is 250 g/mol. The molecule has 2 aliphatic carbocycles. The monoisotopic (exact) mass is 266 g/mol. The minimum atomic E-state index is -0.852. The molecule has 1 aromatic rings. The van der Waals surface area contributed by atoms with Crippen LogP contribution in [0.1, 0.15) is 36.0 Å². The zero-order chi connectivity index (χ0) is 13.6. The van der Waals surface area contributed by atoms with Gasteiger partial charge in [-0.05, 0) is 49.1 Å². The van der Waals surface area contributed by atoms with Crippen molar-refractivity contribution in [2.75, 3.05) is 12.3 Å². The fourth-order valence-electron chi connectivity index (χ4n) is 2.71. The van der Waals surface area contributed by atoms with Crippen molar-refractivity contribution in [3.05, 3.63) is 29.3 Å². The van der Waals surface area contributed by atoms with Crippen molar-refractivity contribution in [1.82, 2.24) is 5.32 Å². The summed E-state index contributed by atoms with van der Waals surface area (Å²) in [5.74, 6) is -1.44. The Morgan fingerprint density at radius 2 is 2.05 bits per heavy atom. The standard InChI is InChI=1S/C14H16F2N2O/c15-9-5-10(12(16)11(17)6-9)13(19)18-7-14(3-4-14)8-1-2-8/h5-6,8H,1-4,7,17H2,(H,18,19). The van der Waals surface area contributed by atoms with E-state index in [4.69, 9.17) is 5.73 Å². The van der Waals surface area contributed by atoms with E-state index in [1.54, 1.807) is 0 Å². The normalized spacial score (nSPS) is 20.1. The topological polar surface area (TPSA) is 55.1 Å². The van der Waals surface area contributed by atoms with Gasteiger partial charge in [-0.25, -0.2) is 8.78 Å². The molecule has 1 aromatic carbocycles. The summed E-state index contributed by atoms with van der Waals surface area (Å²) in [5.41, 5.74) is 4.89. The Hall–Kier alpha value is -1.65. The number of anilines is 1. The van der Waals surface area contributed by atoms with Crippen LogP contribution in [0.5, 0.6) is 0 Å². The molecule has 0 spiro atoms. The number of rotatable bonds is 4. The molecule has 2 aliphatic rings. The molecule has 3 rings (SSSR count). The highest BCUT2D eigenvalue weighted by atomic mass is 19.1. The van der Waals surface area contributed by atoms with E-state index >= 15 is 0 Å². The maximum absolute atomic E-state index is 13.7. The largest absolute Gasteiger partial charge is 0.396 e. The van der Waals surface area contributed by atoms with E-state index in [1.165, 1.54) is 12.8 Å². The van der Waals surface area contributed by atoms with E-state index < -0.39 is 17.5 Å². The summed E-state index contributed by atoms with van der Waals surface area (Å²) in [7, 11) is 0. The third-order valence-corrected chi connectivity index (χ3v) is 4.25. The number of amides is 1. The van der Waals surface area contributed by atoms with E-state index in [1.807, 2.05) is 0 Å². The predicted octanol–water partition coefficient (Wildman–Crippen LogP) is 2.47. The zero-order valence-electron chi connectivity index (χ0n) is 10.5. The number of benzene rings is 1. The zero-order valence-corrected chi connectivity index (χ0v) is 10.5. The Morgan fingerprint density at radius 3 is 2.63 bits per heavy atom. The number of carbonyl (C=O) groups is 1. The van der Waals surface area contributed by atoms with Gasteiger partial charge in [0.2, 0.25) is 0 Å². The summed E-state index contributed by atoms with van der Waals surface area (Å²) < 4.78 is 26.9. The maximum atomic E-state index is 13.7. The number of nitrogen functional groups attached to an aromatic ring is 1. The Bertz CT molecular complexity index is 536. The first-order valence-corrected chi connectivity index (χ1v) is 6.54. The SMILES string of the molecule is Nc1cc(F)cc(C(=O)NCC2(C3CC3)CC2)c1F. The van der Waals surface area contributed by atoms with Crippen molar-refractivity contribution in [1.29, 1.82) is 0 Å². The fraction of sp³-hybridized carbons (Fsp3) is 0.500. The number of halogens is 2. The summed E-state index contributed by atoms with van der Waals surface area (Å²) in [6.45, 7) is 0.548. The van der Waals surface area contributed by atoms with Crippen LogP contribution < -0.4 is 11.1 Å². The van der Waals surface area contributed by atoms with Crippen LogP contribution in [0, 0.1) is 23.0 Å². The van der Waals surface area contributed by atoms with Crippen LogP contribution in [0.15, 0.2) is 12.1 Å². The van der Waals surface area contributed by atoms with Crippen LogP contribution in [0.25, 0.3) is 0 Å².